The molecule has 0 radical (unpaired) electrons. The minimum atomic E-state index is -1.05. The maximum absolute atomic E-state index is 12.2. The summed E-state index contributed by atoms with van der Waals surface area (Å²) in [5.41, 5.74) is 1.64. The van der Waals surface area contributed by atoms with E-state index >= 15 is 0 Å². The highest BCUT2D eigenvalue weighted by Crippen LogP contribution is 2.50. The quantitative estimate of drug-likeness (QED) is 0.346. The summed E-state index contributed by atoms with van der Waals surface area (Å²) in [6.07, 6.45) is 3.36. The molecule has 0 heterocycles. The Kier molecular flexibility index (Phi) is 6.36. The summed E-state index contributed by atoms with van der Waals surface area (Å²) in [5.74, 6) is 0.147. The average molecular weight is 449 g/mol. The molecule has 1 aliphatic rings. The second-order valence-electron chi connectivity index (χ2n) is 9.55. The molecule has 4 aromatic carbocycles. The molecule has 2 heteroatoms. The van der Waals surface area contributed by atoms with Crippen LogP contribution < -0.4 is 0 Å². The molecule has 4 aromatic rings. The predicted octanol–water partition coefficient (Wildman–Crippen LogP) is 6.67. The van der Waals surface area contributed by atoms with E-state index < -0.39 is 11.2 Å². The third-order valence-corrected chi connectivity index (χ3v) is 7.76. The highest BCUT2D eigenvalue weighted by atomic mass is 16.3. The second-order valence-corrected chi connectivity index (χ2v) is 9.55. The summed E-state index contributed by atoms with van der Waals surface area (Å²) in [6, 6.07) is 40.2. The van der Waals surface area contributed by atoms with Gasteiger partial charge in [0.05, 0.1) is 0 Å². The van der Waals surface area contributed by atoms with Gasteiger partial charge >= 0.3 is 0 Å². The fourth-order valence-electron chi connectivity index (χ4n) is 5.97. The molecule has 0 aromatic heterocycles. The zero-order valence-electron chi connectivity index (χ0n) is 19.4. The summed E-state index contributed by atoms with van der Waals surface area (Å²) in [4.78, 5) is 0. The highest BCUT2D eigenvalue weighted by molar-refractivity contribution is 5.39. The topological polar surface area (TPSA) is 40.5 Å². The minimum Gasteiger partial charge on any atom is -0.380 e. The molecule has 34 heavy (non-hydrogen) atoms. The van der Waals surface area contributed by atoms with Gasteiger partial charge in [-0.05, 0) is 59.8 Å². The van der Waals surface area contributed by atoms with Crippen LogP contribution in [0, 0.1) is 11.8 Å². The van der Waals surface area contributed by atoms with E-state index in [0.717, 1.165) is 47.9 Å². The van der Waals surface area contributed by atoms with Gasteiger partial charge in [-0.3, -0.25) is 0 Å². The van der Waals surface area contributed by atoms with Gasteiger partial charge in [-0.1, -0.05) is 121 Å². The number of hydrogen-bond donors (Lipinski definition) is 2. The third kappa shape index (κ3) is 3.98. The van der Waals surface area contributed by atoms with Crippen LogP contribution in [0.3, 0.4) is 0 Å². The monoisotopic (exact) mass is 448 g/mol. The number of hydrogen-bond acceptors (Lipinski definition) is 2. The van der Waals surface area contributed by atoms with Crippen LogP contribution in [0.2, 0.25) is 0 Å². The standard InChI is InChI=1S/C32H32O2/c33-31(25-13-5-1-6-14-25,26-15-7-2-8-16-26)29-21-23-30(24-22-29)32(34,27-17-9-3-10-18-27)28-19-11-4-12-20-28/h1-20,29-30,33-34H,21-24H2/t29-,30+. The minimum absolute atomic E-state index is 0.0735. The van der Waals surface area contributed by atoms with Crippen molar-refractivity contribution in [3.05, 3.63) is 144 Å². The first kappa shape index (κ1) is 22.6. The molecular weight excluding hydrogens is 416 g/mol. The van der Waals surface area contributed by atoms with Gasteiger partial charge < -0.3 is 10.2 Å². The van der Waals surface area contributed by atoms with Gasteiger partial charge in [-0.25, -0.2) is 0 Å². The first-order valence-electron chi connectivity index (χ1n) is 12.3. The van der Waals surface area contributed by atoms with Crippen LogP contribution in [-0.2, 0) is 11.2 Å². The lowest BCUT2D eigenvalue weighted by Crippen LogP contribution is -2.43. The second kappa shape index (κ2) is 9.58. The molecule has 0 spiro atoms. The molecule has 0 atom stereocenters. The number of aliphatic hydroxyl groups is 2. The van der Waals surface area contributed by atoms with Crippen molar-refractivity contribution >= 4 is 0 Å². The maximum Gasteiger partial charge on any atom is 0.117 e. The van der Waals surface area contributed by atoms with Crippen molar-refractivity contribution < 1.29 is 10.2 Å². The first-order valence-corrected chi connectivity index (χ1v) is 12.3. The van der Waals surface area contributed by atoms with Gasteiger partial charge in [0, 0.05) is 0 Å². The van der Waals surface area contributed by atoms with Gasteiger partial charge in [0.1, 0.15) is 11.2 Å². The molecule has 0 unspecified atom stereocenters. The summed E-state index contributed by atoms with van der Waals surface area (Å²) >= 11 is 0. The van der Waals surface area contributed by atoms with Crippen LogP contribution in [0.15, 0.2) is 121 Å². The van der Waals surface area contributed by atoms with E-state index in [9.17, 15) is 10.2 Å². The van der Waals surface area contributed by atoms with E-state index in [2.05, 4.69) is 0 Å². The lowest BCUT2D eigenvalue weighted by Gasteiger charge is -2.45. The molecule has 2 N–H and O–H groups in total. The molecule has 1 aliphatic carbocycles. The van der Waals surface area contributed by atoms with Crippen LogP contribution in [0.5, 0.6) is 0 Å². The molecule has 5 rings (SSSR count). The SMILES string of the molecule is OC(c1ccccc1)(c1ccccc1)[C@H]1CC[C@@H](C(O)(c2ccccc2)c2ccccc2)CC1. The smallest absolute Gasteiger partial charge is 0.117 e. The number of benzene rings is 4. The van der Waals surface area contributed by atoms with Crippen LogP contribution >= 0.6 is 0 Å². The fourth-order valence-corrected chi connectivity index (χ4v) is 5.97. The first-order chi connectivity index (χ1) is 16.6. The molecule has 0 aliphatic heterocycles. The van der Waals surface area contributed by atoms with Crippen molar-refractivity contribution in [2.45, 2.75) is 36.9 Å². The zero-order valence-corrected chi connectivity index (χ0v) is 19.4. The zero-order chi connectivity index (χ0) is 23.4. The van der Waals surface area contributed by atoms with E-state index in [-0.39, 0.29) is 11.8 Å². The van der Waals surface area contributed by atoms with E-state index in [1.807, 2.05) is 121 Å². The van der Waals surface area contributed by atoms with Crippen molar-refractivity contribution in [1.29, 1.82) is 0 Å². The molecule has 2 nitrogen and oxygen atoms in total. The van der Waals surface area contributed by atoms with Crippen LogP contribution in [0.1, 0.15) is 47.9 Å². The Morgan fingerprint density at radius 2 is 0.588 bits per heavy atom. The Labute approximate surface area is 202 Å². The van der Waals surface area contributed by atoms with Gasteiger partial charge in [0.15, 0.2) is 0 Å². The molecular formula is C32H32O2. The van der Waals surface area contributed by atoms with Crippen LogP contribution in [0.4, 0.5) is 0 Å². The van der Waals surface area contributed by atoms with Gasteiger partial charge in [0.2, 0.25) is 0 Å². The van der Waals surface area contributed by atoms with Crippen LogP contribution in [0.25, 0.3) is 0 Å². The Balaban J connectivity index is 1.48. The molecule has 1 saturated carbocycles. The Bertz CT molecular complexity index is 989. The Morgan fingerprint density at radius 1 is 0.382 bits per heavy atom. The normalized spacial score (nSPS) is 19.0. The largest absolute Gasteiger partial charge is 0.380 e. The summed E-state index contributed by atoms with van der Waals surface area (Å²) in [6.45, 7) is 0. The lowest BCUT2D eigenvalue weighted by molar-refractivity contribution is -0.0469. The van der Waals surface area contributed by atoms with E-state index in [4.69, 9.17) is 0 Å². The number of rotatable bonds is 6. The average Bonchev–Trinajstić information content (AvgIpc) is 2.94. The van der Waals surface area contributed by atoms with Crippen molar-refractivity contribution in [3.8, 4) is 0 Å². The van der Waals surface area contributed by atoms with Crippen LogP contribution in [-0.4, -0.2) is 10.2 Å². The third-order valence-electron chi connectivity index (χ3n) is 7.76. The van der Waals surface area contributed by atoms with Crippen molar-refractivity contribution in [1.82, 2.24) is 0 Å². The van der Waals surface area contributed by atoms with E-state index in [0.29, 0.717) is 0 Å². The predicted molar refractivity (Wildman–Crippen MR) is 137 cm³/mol. The van der Waals surface area contributed by atoms with Gasteiger partial charge in [0.25, 0.3) is 0 Å². The summed E-state index contributed by atoms with van der Waals surface area (Å²) in [5, 5.41) is 24.5. The van der Waals surface area contributed by atoms with E-state index in [1.54, 1.807) is 0 Å². The van der Waals surface area contributed by atoms with Crippen molar-refractivity contribution in [2.75, 3.05) is 0 Å². The fraction of sp³-hybridized carbons (Fsp3) is 0.250. The van der Waals surface area contributed by atoms with Gasteiger partial charge in [-0.15, -0.1) is 0 Å². The molecule has 172 valence electrons. The van der Waals surface area contributed by atoms with Gasteiger partial charge in [-0.2, -0.15) is 0 Å². The molecule has 0 saturated heterocycles. The maximum atomic E-state index is 12.2. The molecule has 0 amide bonds. The molecule has 0 bridgehead atoms. The highest BCUT2D eigenvalue weighted by Gasteiger charge is 2.47. The van der Waals surface area contributed by atoms with E-state index in [1.165, 1.54) is 0 Å². The lowest BCUT2D eigenvalue weighted by atomic mass is 9.63. The Morgan fingerprint density at radius 3 is 0.794 bits per heavy atom. The Hall–Kier alpha value is -3.20. The van der Waals surface area contributed by atoms with Crippen molar-refractivity contribution in [2.24, 2.45) is 11.8 Å². The summed E-state index contributed by atoms with van der Waals surface area (Å²) < 4.78 is 0. The molecule has 1 fully saturated rings. The van der Waals surface area contributed by atoms with Crippen molar-refractivity contribution in [3.63, 3.8) is 0 Å². The summed E-state index contributed by atoms with van der Waals surface area (Å²) in [7, 11) is 0.